The van der Waals surface area contributed by atoms with Gasteiger partial charge in [0.2, 0.25) is 11.8 Å². The van der Waals surface area contributed by atoms with E-state index in [0.717, 1.165) is 19.4 Å². The molecule has 0 unspecified atom stereocenters. The highest BCUT2D eigenvalue weighted by Crippen LogP contribution is 2.17. The van der Waals surface area contributed by atoms with Crippen LogP contribution in [-0.4, -0.2) is 48.4 Å². The molecule has 1 aliphatic heterocycles. The second-order valence-corrected chi connectivity index (χ2v) is 5.28. The van der Waals surface area contributed by atoms with Crippen LogP contribution >= 0.6 is 0 Å². The van der Waals surface area contributed by atoms with E-state index < -0.39 is 0 Å². The molecule has 1 saturated carbocycles. The lowest BCUT2D eigenvalue weighted by molar-refractivity contribution is -0.140. The highest BCUT2D eigenvalue weighted by Gasteiger charge is 2.31. The summed E-state index contributed by atoms with van der Waals surface area (Å²) in [5.74, 6) is -0.00964. The predicted molar refractivity (Wildman–Crippen MR) is 69.1 cm³/mol. The molecule has 1 saturated heterocycles. The lowest BCUT2D eigenvalue weighted by Crippen LogP contribution is -2.60. The van der Waals surface area contributed by atoms with Crippen LogP contribution in [0.1, 0.15) is 39.0 Å². The van der Waals surface area contributed by atoms with Gasteiger partial charge in [-0.1, -0.05) is 19.3 Å². The Labute approximate surface area is 108 Å². The van der Waals surface area contributed by atoms with Crippen molar-refractivity contribution >= 4 is 11.8 Å². The van der Waals surface area contributed by atoms with Crippen LogP contribution in [0.25, 0.3) is 0 Å². The molecule has 0 aromatic carbocycles. The molecular formula is C13H23N3O2. The van der Waals surface area contributed by atoms with Gasteiger partial charge in [-0.3, -0.25) is 9.59 Å². The molecule has 2 rings (SSSR count). The summed E-state index contributed by atoms with van der Waals surface area (Å²) in [7, 11) is 0. The van der Waals surface area contributed by atoms with Crippen LogP contribution in [0.2, 0.25) is 0 Å². The Bertz CT molecular complexity index is 313. The smallest absolute Gasteiger partial charge is 0.244 e. The van der Waals surface area contributed by atoms with Crippen LogP contribution in [-0.2, 0) is 9.59 Å². The second kappa shape index (κ2) is 6.18. The summed E-state index contributed by atoms with van der Waals surface area (Å²) in [4.78, 5) is 25.4. The highest BCUT2D eigenvalue weighted by molar-refractivity contribution is 5.87. The van der Waals surface area contributed by atoms with E-state index in [-0.39, 0.29) is 17.9 Å². The molecule has 2 fully saturated rings. The molecule has 5 heteroatoms. The van der Waals surface area contributed by atoms with Crippen LogP contribution in [0.15, 0.2) is 0 Å². The van der Waals surface area contributed by atoms with Gasteiger partial charge in [0.15, 0.2) is 0 Å². The Morgan fingerprint density at radius 3 is 2.61 bits per heavy atom. The molecule has 0 radical (unpaired) electrons. The fourth-order valence-electron chi connectivity index (χ4n) is 2.86. The van der Waals surface area contributed by atoms with Crippen molar-refractivity contribution in [2.24, 2.45) is 0 Å². The van der Waals surface area contributed by atoms with Gasteiger partial charge in [-0.05, 0) is 12.8 Å². The maximum Gasteiger partial charge on any atom is 0.244 e. The molecule has 102 valence electrons. The van der Waals surface area contributed by atoms with Crippen molar-refractivity contribution in [3.05, 3.63) is 0 Å². The minimum Gasteiger partial charge on any atom is -0.352 e. The zero-order valence-electron chi connectivity index (χ0n) is 11.1. The van der Waals surface area contributed by atoms with Crippen LogP contribution in [0.3, 0.4) is 0 Å². The van der Waals surface area contributed by atoms with Gasteiger partial charge in [-0.15, -0.1) is 0 Å². The van der Waals surface area contributed by atoms with Crippen LogP contribution < -0.4 is 10.6 Å². The third-order valence-electron chi connectivity index (χ3n) is 3.90. The van der Waals surface area contributed by atoms with Crippen molar-refractivity contribution in [1.29, 1.82) is 0 Å². The number of piperazine rings is 1. The minimum absolute atomic E-state index is 0.00398. The monoisotopic (exact) mass is 253 g/mol. The lowest BCUT2D eigenvalue weighted by Gasteiger charge is -2.35. The van der Waals surface area contributed by atoms with Crippen molar-refractivity contribution < 1.29 is 9.59 Å². The largest absolute Gasteiger partial charge is 0.352 e. The SMILES string of the molecule is CC(=O)N1CCNC[C@H]1C(=O)NC1CCCCC1. The van der Waals surface area contributed by atoms with Gasteiger partial charge in [0.25, 0.3) is 0 Å². The molecule has 0 aromatic heterocycles. The first-order chi connectivity index (χ1) is 8.68. The molecule has 1 heterocycles. The van der Waals surface area contributed by atoms with E-state index in [1.807, 2.05) is 0 Å². The third kappa shape index (κ3) is 3.22. The first kappa shape index (κ1) is 13.3. The minimum atomic E-state index is -0.335. The molecule has 5 nitrogen and oxygen atoms in total. The summed E-state index contributed by atoms with van der Waals surface area (Å²) in [5, 5.41) is 6.28. The predicted octanol–water partition coefficient (Wildman–Crippen LogP) is 0.256. The van der Waals surface area contributed by atoms with E-state index in [0.29, 0.717) is 19.1 Å². The summed E-state index contributed by atoms with van der Waals surface area (Å²) in [6.45, 7) is 3.50. The number of amides is 2. The average Bonchev–Trinajstić information content (AvgIpc) is 2.40. The van der Waals surface area contributed by atoms with Gasteiger partial charge in [0, 0.05) is 32.6 Å². The first-order valence-electron chi connectivity index (χ1n) is 6.97. The highest BCUT2D eigenvalue weighted by atomic mass is 16.2. The molecule has 0 aromatic rings. The van der Waals surface area contributed by atoms with E-state index in [1.54, 1.807) is 4.90 Å². The molecule has 1 aliphatic carbocycles. The van der Waals surface area contributed by atoms with Crippen molar-refractivity contribution in [2.75, 3.05) is 19.6 Å². The Morgan fingerprint density at radius 1 is 1.22 bits per heavy atom. The number of hydrogen-bond acceptors (Lipinski definition) is 3. The molecule has 0 spiro atoms. The normalized spacial score (nSPS) is 25.8. The Hall–Kier alpha value is -1.10. The summed E-state index contributed by atoms with van der Waals surface area (Å²) in [5.41, 5.74) is 0. The number of hydrogen-bond donors (Lipinski definition) is 2. The second-order valence-electron chi connectivity index (χ2n) is 5.28. The number of carbonyl (C=O) groups excluding carboxylic acids is 2. The number of rotatable bonds is 2. The topological polar surface area (TPSA) is 61.4 Å². The van der Waals surface area contributed by atoms with Gasteiger partial charge >= 0.3 is 0 Å². The van der Waals surface area contributed by atoms with Crippen LogP contribution in [0.5, 0.6) is 0 Å². The quantitative estimate of drug-likeness (QED) is 0.742. The Balaban J connectivity index is 1.91. The number of nitrogens with zero attached hydrogens (tertiary/aromatic N) is 1. The lowest BCUT2D eigenvalue weighted by atomic mass is 9.95. The molecule has 2 N–H and O–H groups in total. The van der Waals surface area contributed by atoms with Crippen LogP contribution in [0, 0.1) is 0 Å². The van der Waals surface area contributed by atoms with Gasteiger partial charge in [0.1, 0.15) is 6.04 Å². The molecule has 2 amide bonds. The summed E-state index contributed by atoms with van der Waals surface area (Å²) >= 11 is 0. The van der Waals surface area contributed by atoms with Crippen LogP contribution in [0.4, 0.5) is 0 Å². The first-order valence-corrected chi connectivity index (χ1v) is 6.97. The molecule has 0 bridgehead atoms. The molecule has 18 heavy (non-hydrogen) atoms. The molecular weight excluding hydrogens is 230 g/mol. The standard InChI is InChI=1S/C13H23N3O2/c1-10(17)16-8-7-14-9-12(16)13(18)15-11-5-3-2-4-6-11/h11-12,14H,2-9H2,1H3,(H,15,18)/t12-/m0/s1. The maximum absolute atomic E-state index is 12.2. The number of nitrogens with one attached hydrogen (secondary N) is 2. The number of carbonyl (C=O) groups is 2. The summed E-state index contributed by atoms with van der Waals surface area (Å²) in [6.07, 6.45) is 5.82. The van der Waals surface area contributed by atoms with Gasteiger partial charge < -0.3 is 15.5 Å². The van der Waals surface area contributed by atoms with Crippen molar-refractivity contribution in [2.45, 2.75) is 51.1 Å². The Kier molecular flexibility index (Phi) is 4.58. The van der Waals surface area contributed by atoms with Crippen molar-refractivity contribution in [3.8, 4) is 0 Å². The summed E-state index contributed by atoms with van der Waals surface area (Å²) < 4.78 is 0. The van der Waals surface area contributed by atoms with Gasteiger partial charge in [-0.2, -0.15) is 0 Å². The fourth-order valence-corrected chi connectivity index (χ4v) is 2.86. The van der Waals surface area contributed by atoms with Crippen molar-refractivity contribution in [1.82, 2.24) is 15.5 Å². The average molecular weight is 253 g/mol. The van der Waals surface area contributed by atoms with E-state index in [9.17, 15) is 9.59 Å². The molecule has 1 atom stereocenters. The van der Waals surface area contributed by atoms with Crippen molar-refractivity contribution in [3.63, 3.8) is 0 Å². The van der Waals surface area contributed by atoms with E-state index in [1.165, 1.54) is 26.2 Å². The maximum atomic E-state index is 12.2. The van der Waals surface area contributed by atoms with E-state index >= 15 is 0 Å². The fraction of sp³-hybridized carbons (Fsp3) is 0.846. The molecule has 2 aliphatic rings. The summed E-state index contributed by atoms with van der Waals surface area (Å²) in [6, 6.07) is -0.0276. The Morgan fingerprint density at radius 2 is 1.94 bits per heavy atom. The zero-order valence-corrected chi connectivity index (χ0v) is 11.1. The zero-order chi connectivity index (χ0) is 13.0. The van der Waals surface area contributed by atoms with Gasteiger partial charge in [-0.25, -0.2) is 0 Å². The van der Waals surface area contributed by atoms with Gasteiger partial charge in [0.05, 0.1) is 0 Å². The third-order valence-corrected chi connectivity index (χ3v) is 3.90. The van der Waals surface area contributed by atoms with E-state index in [4.69, 9.17) is 0 Å². The van der Waals surface area contributed by atoms with E-state index in [2.05, 4.69) is 10.6 Å².